The maximum absolute atomic E-state index is 13.5. The number of hydrogen-bond acceptors (Lipinski definition) is 4. The second kappa shape index (κ2) is 7.24. The number of aryl methyl sites for hydroxylation is 1. The standard InChI is InChI=1S/C21H19ClFNO3/c1-2-3-4-13-9-20(25)27-21-15(13)6-8-19-16(21)11-24(12-26-19)14-5-7-18(23)17(22)10-14/h5-10H,2-4,11-12H2,1H3. The molecule has 2 heterocycles. The summed E-state index contributed by atoms with van der Waals surface area (Å²) in [7, 11) is 0. The van der Waals surface area contributed by atoms with Gasteiger partial charge in [-0.15, -0.1) is 0 Å². The predicted octanol–water partition coefficient (Wildman–Crippen LogP) is 5.28. The van der Waals surface area contributed by atoms with E-state index in [-0.39, 0.29) is 10.6 Å². The van der Waals surface area contributed by atoms with Gasteiger partial charge in [-0.1, -0.05) is 24.9 Å². The molecule has 0 aliphatic carbocycles. The topological polar surface area (TPSA) is 42.7 Å². The summed E-state index contributed by atoms with van der Waals surface area (Å²) >= 11 is 5.92. The van der Waals surface area contributed by atoms with Crippen LogP contribution in [-0.2, 0) is 13.0 Å². The van der Waals surface area contributed by atoms with Crippen molar-refractivity contribution in [3.8, 4) is 5.75 Å². The summed E-state index contributed by atoms with van der Waals surface area (Å²) in [5.41, 5.74) is 2.75. The summed E-state index contributed by atoms with van der Waals surface area (Å²) in [4.78, 5) is 14.0. The first kappa shape index (κ1) is 17.9. The highest BCUT2D eigenvalue weighted by molar-refractivity contribution is 6.31. The van der Waals surface area contributed by atoms with E-state index in [1.807, 2.05) is 17.0 Å². The lowest BCUT2D eigenvalue weighted by molar-refractivity contribution is 0.289. The smallest absolute Gasteiger partial charge is 0.336 e. The molecule has 1 aromatic heterocycles. The van der Waals surface area contributed by atoms with Crippen LogP contribution in [0.25, 0.3) is 11.0 Å². The quantitative estimate of drug-likeness (QED) is 0.571. The highest BCUT2D eigenvalue weighted by Crippen LogP contribution is 2.35. The molecule has 0 atom stereocenters. The Labute approximate surface area is 161 Å². The zero-order valence-electron chi connectivity index (χ0n) is 14.9. The molecule has 0 bridgehead atoms. The Kier molecular flexibility index (Phi) is 4.79. The maximum Gasteiger partial charge on any atom is 0.336 e. The summed E-state index contributed by atoms with van der Waals surface area (Å²) in [6, 6.07) is 10.0. The van der Waals surface area contributed by atoms with Crippen LogP contribution in [0.2, 0.25) is 5.02 Å². The predicted molar refractivity (Wildman–Crippen MR) is 104 cm³/mol. The van der Waals surface area contributed by atoms with Crippen molar-refractivity contribution < 1.29 is 13.5 Å². The van der Waals surface area contributed by atoms with E-state index >= 15 is 0 Å². The number of ether oxygens (including phenoxy) is 1. The van der Waals surface area contributed by atoms with E-state index in [1.54, 1.807) is 18.2 Å². The van der Waals surface area contributed by atoms with E-state index in [2.05, 4.69) is 6.92 Å². The molecule has 1 aliphatic heterocycles. The van der Waals surface area contributed by atoms with Crippen molar-refractivity contribution in [2.75, 3.05) is 11.6 Å². The van der Waals surface area contributed by atoms with E-state index < -0.39 is 5.82 Å². The molecule has 6 heteroatoms. The Hall–Kier alpha value is -2.53. The molecule has 0 N–H and O–H groups in total. The third kappa shape index (κ3) is 3.39. The Morgan fingerprint density at radius 1 is 1.22 bits per heavy atom. The number of unbranched alkanes of at least 4 members (excludes halogenated alkanes) is 1. The van der Waals surface area contributed by atoms with Gasteiger partial charge in [-0.25, -0.2) is 9.18 Å². The normalized spacial score (nSPS) is 13.5. The number of rotatable bonds is 4. The summed E-state index contributed by atoms with van der Waals surface area (Å²) < 4.78 is 24.9. The van der Waals surface area contributed by atoms with Crippen molar-refractivity contribution in [1.82, 2.24) is 0 Å². The van der Waals surface area contributed by atoms with E-state index in [0.29, 0.717) is 24.6 Å². The molecular weight excluding hydrogens is 369 g/mol. The van der Waals surface area contributed by atoms with Crippen LogP contribution in [0, 0.1) is 5.82 Å². The van der Waals surface area contributed by atoms with Crippen molar-refractivity contribution in [2.45, 2.75) is 32.7 Å². The van der Waals surface area contributed by atoms with E-state index in [0.717, 1.165) is 41.5 Å². The SMILES string of the molecule is CCCCc1cc(=O)oc2c3c(ccc12)OCN(c1ccc(F)c(Cl)c1)C3. The summed E-state index contributed by atoms with van der Waals surface area (Å²) in [5, 5.41) is 0.994. The molecule has 27 heavy (non-hydrogen) atoms. The first-order chi connectivity index (χ1) is 13.1. The van der Waals surface area contributed by atoms with E-state index in [1.165, 1.54) is 6.07 Å². The minimum Gasteiger partial charge on any atom is -0.473 e. The van der Waals surface area contributed by atoms with Crippen LogP contribution in [0.15, 0.2) is 45.6 Å². The fourth-order valence-electron chi connectivity index (χ4n) is 3.42. The largest absolute Gasteiger partial charge is 0.473 e. The number of benzene rings is 2. The second-order valence-electron chi connectivity index (χ2n) is 6.68. The average Bonchev–Trinajstić information content (AvgIpc) is 2.67. The third-order valence-corrected chi connectivity index (χ3v) is 5.14. The first-order valence-corrected chi connectivity index (χ1v) is 9.36. The van der Waals surface area contributed by atoms with E-state index in [4.69, 9.17) is 20.8 Å². The van der Waals surface area contributed by atoms with Gasteiger partial charge in [0, 0.05) is 17.1 Å². The zero-order chi connectivity index (χ0) is 19.0. The zero-order valence-corrected chi connectivity index (χ0v) is 15.7. The van der Waals surface area contributed by atoms with Crippen molar-refractivity contribution >= 4 is 28.3 Å². The van der Waals surface area contributed by atoms with Crippen LogP contribution >= 0.6 is 11.6 Å². The number of halogens is 2. The van der Waals surface area contributed by atoms with Gasteiger partial charge in [-0.05, 0) is 48.7 Å². The van der Waals surface area contributed by atoms with Crippen LogP contribution < -0.4 is 15.3 Å². The maximum atomic E-state index is 13.5. The van der Waals surface area contributed by atoms with Crippen LogP contribution in [0.4, 0.5) is 10.1 Å². The van der Waals surface area contributed by atoms with Gasteiger partial charge in [0.15, 0.2) is 6.73 Å². The molecule has 4 nitrogen and oxygen atoms in total. The minimum absolute atomic E-state index is 0.0598. The van der Waals surface area contributed by atoms with Crippen LogP contribution in [0.3, 0.4) is 0 Å². The van der Waals surface area contributed by atoms with Gasteiger partial charge in [-0.2, -0.15) is 0 Å². The molecule has 140 valence electrons. The molecule has 2 aromatic carbocycles. The van der Waals surface area contributed by atoms with Gasteiger partial charge >= 0.3 is 5.63 Å². The lowest BCUT2D eigenvalue weighted by Gasteiger charge is -2.31. The van der Waals surface area contributed by atoms with Gasteiger partial charge in [-0.3, -0.25) is 0 Å². The average molecular weight is 388 g/mol. The van der Waals surface area contributed by atoms with Crippen LogP contribution in [-0.4, -0.2) is 6.73 Å². The Morgan fingerprint density at radius 3 is 2.85 bits per heavy atom. The molecule has 1 aliphatic rings. The molecule has 3 aromatic rings. The Balaban J connectivity index is 1.78. The van der Waals surface area contributed by atoms with Crippen molar-refractivity contribution in [1.29, 1.82) is 0 Å². The molecule has 0 fully saturated rings. The van der Waals surface area contributed by atoms with Gasteiger partial charge in [0.2, 0.25) is 0 Å². The highest BCUT2D eigenvalue weighted by Gasteiger charge is 2.23. The molecular formula is C21H19ClFNO3. The van der Waals surface area contributed by atoms with E-state index in [9.17, 15) is 9.18 Å². The van der Waals surface area contributed by atoms with Crippen molar-refractivity contribution in [2.24, 2.45) is 0 Å². The lowest BCUT2D eigenvalue weighted by atomic mass is 10.0. The fraction of sp³-hybridized carbons (Fsp3) is 0.286. The van der Waals surface area contributed by atoms with Gasteiger partial charge < -0.3 is 14.1 Å². The Bertz CT molecular complexity index is 1060. The fourth-order valence-corrected chi connectivity index (χ4v) is 3.59. The highest BCUT2D eigenvalue weighted by atomic mass is 35.5. The molecule has 0 spiro atoms. The van der Waals surface area contributed by atoms with Crippen molar-refractivity contribution in [3.63, 3.8) is 0 Å². The Morgan fingerprint density at radius 2 is 2.07 bits per heavy atom. The molecule has 0 unspecified atom stereocenters. The van der Waals surface area contributed by atoms with Gasteiger partial charge in [0.05, 0.1) is 17.1 Å². The second-order valence-corrected chi connectivity index (χ2v) is 7.09. The molecule has 4 rings (SSSR count). The number of nitrogens with zero attached hydrogens (tertiary/aromatic N) is 1. The van der Waals surface area contributed by atoms with Gasteiger partial charge in [0.25, 0.3) is 0 Å². The number of anilines is 1. The van der Waals surface area contributed by atoms with Crippen molar-refractivity contribution in [3.05, 3.63) is 68.8 Å². The number of fused-ring (bicyclic) bond motifs is 3. The molecule has 0 saturated carbocycles. The molecule has 0 radical (unpaired) electrons. The van der Waals surface area contributed by atoms with Gasteiger partial charge in [0.1, 0.15) is 17.1 Å². The lowest BCUT2D eigenvalue weighted by Crippen LogP contribution is -2.32. The van der Waals surface area contributed by atoms with Crippen LogP contribution in [0.1, 0.15) is 30.9 Å². The minimum atomic E-state index is -0.462. The third-order valence-electron chi connectivity index (χ3n) is 4.85. The number of hydrogen-bond donors (Lipinski definition) is 0. The summed E-state index contributed by atoms with van der Waals surface area (Å²) in [6.45, 7) is 2.91. The summed E-state index contributed by atoms with van der Waals surface area (Å²) in [5.74, 6) is 0.235. The monoisotopic (exact) mass is 387 g/mol. The van der Waals surface area contributed by atoms with Crippen LogP contribution in [0.5, 0.6) is 5.75 Å². The first-order valence-electron chi connectivity index (χ1n) is 8.98. The summed E-state index contributed by atoms with van der Waals surface area (Å²) in [6.07, 6.45) is 2.89. The molecule has 0 amide bonds. The molecule has 0 saturated heterocycles.